The quantitative estimate of drug-likeness (QED) is 0.756. The smallest absolute Gasteiger partial charge is 0.238 e. The minimum absolute atomic E-state index is 0.0991. The number of amides is 1. The van der Waals surface area contributed by atoms with Crippen molar-refractivity contribution in [1.29, 1.82) is 0 Å². The number of nitrogens with zero attached hydrogens (tertiary/aromatic N) is 1. The Balaban J connectivity index is 4.11. The van der Waals surface area contributed by atoms with Crippen molar-refractivity contribution >= 4 is 5.91 Å². The third kappa shape index (κ3) is 4.65. The Kier molecular flexibility index (Phi) is 5.29. The fourth-order valence-electron chi connectivity index (χ4n) is 1.09. The van der Waals surface area contributed by atoms with Crippen LogP contribution >= 0.6 is 0 Å². The minimum atomic E-state index is -0.0991. The monoisotopic (exact) mass is 214 g/mol. The lowest BCUT2D eigenvalue weighted by molar-refractivity contribution is -0.130. The zero-order valence-corrected chi connectivity index (χ0v) is 11.2. The van der Waals surface area contributed by atoms with Gasteiger partial charge in [0.25, 0.3) is 0 Å². The number of carbonyl (C=O) groups excluding carboxylic acids is 1. The van der Waals surface area contributed by atoms with Gasteiger partial charge in [-0.3, -0.25) is 4.79 Å². The Morgan fingerprint density at radius 2 is 1.73 bits per heavy atom. The highest BCUT2D eigenvalue weighted by Gasteiger charge is 2.24. The zero-order valence-electron chi connectivity index (χ0n) is 11.2. The molecule has 0 saturated carbocycles. The van der Waals surface area contributed by atoms with E-state index in [0.717, 1.165) is 6.54 Å². The molecule has 0 aliphatic carbocycles. The van der Waals surface area contributed by atoms with E-state index < -0.39 is 0 Å². The molecule has 0 aliphatic heterocycles. The van der Waals surface area contributed by atoms with Crippen LogP contribution in [0.2, 0.25) is 0 Å². The highest BCUT2D eigenvalue weighted by Crippen LogP contribution is 2.24. The fourth-order valence-corrected chi connectivity index (χ4v) is 1.09. The van der Waals surface area contributed by atoms with Gasteiger partial charge < -0.3 is 10.2 Å². The topological polar surface area (TPSA) is 32.3 Å². The normalized spacial score (nSPS) is 14.1. The summed E-state index contributed by atoms with van der Waals surface area (Å²) >= 11 is 0. The lowest BCUT2D eigenvalue weighted by atomic mass is 9.81. The molecule has 0 radical (unpaired) electrons. The van der Waals surface area contributed by atoms with Gasteiger partial charge >= 0.3 is 0 Å². The van der Waals surface area contributed by atoms with Crippen molar-refractivity contribution in [3.8, 4) is 0 Å². The maximum absolute atomic E-state index is 11.6. The van der Waals surface area contributed by atoms with E-state index in [-0.39, 0.29) is 17.4 Å². The number of carbonyl (C=O) groups is 1. The maximum atomic E-state index is 11.6. The molecule has 1 atom stereocenters. The van der Waals surface area contributed by atoms with Crippen LogP contribution in [-0.4, -0.2) is 37.5 Å². The molecule has 1 amide bonds. The molecule has 0 rings (SSSR count). The number of likely N-dealkylation sites (N-methyl/N-ethyl adjacent to an activating group) is 1. The Labute approximate surface area is 94.2 Å². The van der Waals surface area contributed by atoms with Crippen LogP contribution in [0.25, 0.3) is 0 Å². The third-order valence-corrected chi connectivity index (χ3v) is 3.24. The van der Waals surface area contributed by atoms with E-state index in [1.165, 1.54) is 0 Å². The van der Waals surface area contributed by atoms with Gasteiger partial charge in [0, 0.05) is 20.6 Å². The van der Waals surface area contributed by atoms with Crippen molar-refractivity contribution in [2.75, 3.05) is 20.6 Å². The molecule has 0 aromatic heterocycles. The van der Waals surface area contributed by atoms with Crippen molar-refractivity contribution in [3.63, 3.8) is 0 Å². The first-order valence-corrected chi connectivity index (χ1v) is 5.63. The van der Waals surface area contributed by atoms with Crippen LogP contribution in [0.1, 0.15) is 34.6 Å². The van der Waals surface area contributed by atoms with Gasteiger partial charge in [-0.05, 0) is 18.3 Å². The highest BCUT2D eigenvalue weighted by molar-refractivity contribution is 5.80. The fraction of sp³-hybridized carbons (Fsp3) is 0.917. The Morgan fingerprint density at radius 3 is 2.07 bits per heavy atom. The Morgan fingerprint density at radius 1 is 1.27 bits per heavy atom. The molecule has 0 aliphatic rings. The van der Waals surface area contributed by atoms with Crippen molar-refractivity contribution in [2.24, 2.45) is 11.3 Å². The molecule has 3 heteroatoms. The van der Waals surface area contributed by atoms with Crippen LogP contribution in [-0.2, 0) is 4.79 Å². The lowest BCUT2D eigenvalue weighted by Gasteiger charge is -2.31. The zero-order chi connectivity index (χ0) is 12.2. The summed E-state index contributed by atoms with van der Waals surface area (Å²) in [5, 5.41) is 3.29. The van der Waals surface area contributed by atoms with Crippen molar-refractivity contribution in [3.05, 3.63) is 0 Å². The van der Waals surface area contributed by atoms with Gasteiger partial charge in [0.2, 0.25) is 5.91 Å². The molecule has 0 spiro atoms. The first-order chi connectivity index (χ1) is 6.68. The molecule has 1 unspecified atom stereocenters. The molecule has 0 bridgehead atoms. The first-order valence-electron chi connectivity index (χ1n) is 5.63. The van der Waals surface area contributed by atoms with Gasteiger partial charge in [0.15, 0.2) is 0 Å². The lowest BCUT2D eigenvalue weighted by Crippen LogP contribution is -2.45. The molecule has 0 heterocycles. The van der Waals surface area contributed by atoms with E-state index in [1.807, 2.05) is 6.92 Å². The number of nitrogens with one attached hydrogen (secondary N) is 1. The Bertz CT molecular complexity index is 210. The Hall–Kier alpha value is -0.570. The highest BCUT2D eigenvalue weighted by atomic mass is 16.2. The van der Waals surface area contributed by atoms with Gasteiger partial charge in [-0.25, -0.2) is 0 Å². The maximum Gasteiger partial charge on any atom is 0.238 e. The van der Waals surface area contributed by atoms with E-state index in [9.17, 15) is 4.79 Å². The second-order valence-corrected chi connectivity index (χ2v) is 5.48. The summed E-state index contributed by atoms with van der Waals surface area (Å²) in [4.78, 5) is 13.2. The summed E-state index contributed by atoms with van der Waals surface area (Å²) in [7, 11) is 3.57. The molecule has 1 N–H and O–H groups in total. The second kappa shape index (κ2) is 5.50. The molecule has 15 heavy (non-hydrogen) atoms. The van der Waals surface area contributed by atoms with E-state index in [1.54, 1.807) is 19.0 Å². The summed E-state index contributed by atoms with van der Waals surface area (Å²) in [6.07, 6.45) is 0. The molecule has 0 fully saturated rings. The van der Waals surface area contributed by atoms with Gasteiger partial charge in [-0.1, -0.05) is 27.7 Å². The molecule has 0 aromatic rings. The van der Waals surface area contributed by atoms with E-state index in [2.05, 4.69) is 33.0 Å². The van der Waals surface area contributed by atoms with Crippen LogP contribution < -0.4 is 5.32 Å². The van der Waals surface area contributed by atoms with Crippen LogP contribution in [0.15, 0.2) is 0 Å². The van der Waals surface area contributed by atoms with E-state index in [0.29, 0.717) is 5.92 Å². The van der Waals surface area contributed by atoms with E-state index in [4.69, 9.17) is 0 Å². The standard InChI is InChI=1S/C12H26N2O/c1-9(2)12(4,5)8-13-10(3)11(15)14(6)7/h9-10,13H,8H2,1-7H3. The number of rotatable bonds is 5. The molecule has 0 aromatic carbocycles. The van der Waals surface area contributed by atoms with Gasteiger partial charge in [-0.2, -0.15) is 0 Å². The molecular weight excluding hydrogens is 188 g/mol. The van der Waals surface area contributed by atoms with Crippen LogP contribution in [0.3, 0.4) is 0 Å². The van der Waals surface area contributed by atoms with Crippen molar-refractivity contribution in [2.45, 2.75) is 40.7 Å². The van der Waals surface area contributed by atoms with Gasteiger partial charge in [-0.15, -0.1) is 0 Å². The number of hydrogen-bond acceptors (Lipinski definition) is 2. The van der Waals surface area contributed by atoms with Crippen molar-refractivity contribution in [1.82, 2.24) is 10.2 Å². The minimum Gasteiger partial charge on any atom is -0.347 e. The average molecular weight is 214 g/mol. The summed E-state index contributed by atoms with van der Waals surface area (Å²) in [5.74, 6) is 0.737. The summed E-state index contributed by atoms with van der Waals surface area (Å²) < 4.78 is 0. The van der Waals surface area contributed by atoms with Gasteiger partial charge in [0.1, 0.15) is 0 Å². The summed E-state index contributed by atoms with van der Waals surface area (Å²) in [6, 6.07) is -0.0991. The van der Waals surface area contributed by atoms with Crippen LogP contribution in [0.4, 0.5) is 0 Å². The molecule has 3 nitrogen and oxygen atoms in total. The summed E-state index contributed by atoms with van der Waals surface area (Å²) in [5.41, 5.74) is 0.223. The summed E-state index contributed by atoms with van der Waals surface area (Å²) in [6.45, 7) is 11.6. The second-order valence-electron chi connectivity index (χ2n) is 5.48. The predicted molar refractivity (Wildman–Crippen MR) is 64.8 cm³/mol. The van der Waals surface area contributed by atoms with Gasteiger partial charge in [0.05, 0.1) is 6.04 Å². The number of hydrogen-bond donors (Lipinski definition) is 1. The van der Waals surface area contributed by atoms with E-state index >= 15 is 0 Å². The SMILES string of the molecule is CC(NCC(C)(C)C(C)C)C(=O)N(C)C. The largest absolute Gasteiger partial charge is 0.347 e. The average Bonchev–Trinajstić information content (AvgIpc) is 2.12. The molecule has 0 saturated heterocycles. The first kappa shape index (κ1) is 14.4. The molecule has 90 valence electrons. The molecular formula is C12H26N2O. The van der Waals surface area contributed by atoms with Crippen LogP contribution in [0, 0.1) is 11.3 Å². The third-order valence-electron chi connectivity index (χ3n) is 3.24. The van der Waals surface area contributed by atoms with Crippen LogP contribution in [0.5, 0.6) is 0 Å². The van der Waals surface area contributed by atoms with Crippen molar-refractivity contribution < 1.29 is 4.79 Å². The predicted octanol–water partition coefficient (Wildman–Crippen LogP) is 1.73.